The van der Waals surface area contributed by atoms with Crippen molar-refractivity contribution in [2.24, 2.45) is 0 Å². The van der Waals surface area contributed by atoms with Crippen molar-refractivity contribution in [3.8, 4) is 0 Å². The number of hydrogen-bond donors (Lipinski definition) is 2. The van der Waals surface area contributed by atoms with Crippen molar-refractivity contribution >= 4 is 44.8 Å². The molecule has 1 aliphatic heterocycles. The molecule has 26 heavy (non-hydrogen) atoms. The lowest BCUT2D eigenvalue weighted by Crippen LogP contribution is -2.34. The summed E-state index contributed by atoms with van der Waals surface area (Å²) in [6.45, 7) is 2.97. The number of anilines is 2. The molecule has 0 radical (unpaired) electrons. The molecule has 1 atom stereocenters. The summed E-state index contributed by atoms with van der Waals surface area (Å²) in [4.78, 5) is 4.43. The molecule has 12 heteroatoms. The fourth-order valence-electron chi connectivity index (χ4n) is 2.84. The highest BCUT2D eigenvalue weighted by Crippen LogP contribution is 2.32. The van der Waals surface area contributed by atoms with Crippen molar-refractivity contribution < 1.29 is 17.2 Å². The van der Waals surface area contributed by atoms with E-state index in [2.05, 4.69) is 14.7 Å². The highest BCUT2D eigenvalue weighted by molar-refractivity contribution is 7.93. The van der Waals surface area contributed by atoms with Gasteiger partial charge in [-0.1, -0.05) is 0 Å². The third-order valence-electron chi connectivity index (χ3n) is 4.21. The zero-order chi connectivity index (χ0) is 18.2. The molecule has 1 aromatic carbocycles. The molecule has 144 valence electrons. The summed E-state index contributed by atoms with van der Waals surface area (Å²) >= 11 is 0.774. The van der Waals surface area contributed by atoms with Crippen LogP contribution in [0, 0.1) is 18.6 Å². The van der Waals surface area contributed by atoms with E-state index in [0.717, 1.165) is 36.9 Å². The first kappa shape index (κ1) is 20.7. The third kappa shape index (κ3) is 3.90. The van der Waals surface area contributed by atoms with Crippen LogP contribution in [0.3, 0.4) is 0 Å². The molecule has 0 saturated carbocycles. The van der Waals surface area contributed by atoms with Crippen LogP contribution in [0.1, 0.15) is 12.0 Å². The van der Waals surface area contributed by atoms with Gasteiger partial charge in [0.15, 0.2) is 10.7 Å². The van der Waals surface area contributed by atoms with Gasteiger partial charge in [-0.3, -0.25) is 4.72 Å². The van der Waals surface area contributed by atoms with Crippen molar-refractivity contribution in [3.05, 3.63) is 29.6 Å². The fourth-order valence-corrected chi connectivity index (χ4v) is 4.70. The molecule has 2 N–H and O–H groups in total. The van der Waals surface area contributed by atoms with E-state index >= 15 is 0 Å². The van der Waals surface area contributed by atoms with E-state index < -0.39 is 26.6 Å². The maximum atomic E-state index is 14.8. The monoisotopic (exact) mass is 425 g/mol. The van der Waals surface area contributed by atoms with Gasteiger partial charge in [0.25, 0.3) is 10.0 Å². The Balaban J connectivity index is 0.00000243. The first-order valence-corrected chi connectivity index (χ1v) is 9.78. The SMILES string of the molecule is Cc1c(N(C)[C@H]2CCNC2)cc(F)c(S(=O)(=O)Nc2ncns2)c1F.Cl. The molecule has 0 aliphatic carbocycles. The fraction of sp³-hybridized carbons (Fsp3) is 0.429. The van der Waals surface area contributed by atoms with Crippen molar-refractivity contribution in [2.45, 2.75) is 24.3 Å². The number of rotatable bonds is 5. The molecule has 2 heterocycles. The largest absolute Gasteiger partial charge is 0.370 e. The van der Waals surface area contributed by atoms with Gasteiger partial charge in [0.05, 0.1) is 0 Å². The third-order valence-corrected chi connectivity index (χ3v) is 6.29. The Morgan fingerprint density at radius 2 is 2.15 bits per heavy atom. The number of benzene rings is 1. The molecule has 0 unspecified atom stereocenters. The summed E-state index contributed by atoms with van der Waals surface area (Å²) in [5.74, 6) is -2.25. The van der Waals surface area contributed by atoms with E-state index in [1.54, 1.807) is 11.9 Å². The zero-order valence-corrected chi connectivity index (χ0v) is 16.4. The first-order valence-electron chi connectivity index (χ1n) is 7.53. The average molecular weight is 426 g/mol. The first-order chi connectivity index (χ1) is 11.8. The van der Waals surface area contributed by atoms with Crippen LogP contribution in [-0.4, -0.2) is 44.0 Å². The minimum absolute atomic E-state index is 0. The second-order valence-corrected chi connectivity index (χ2v) is 8.15. The summed E-state index contributed by atoms with van der Waals surface area (Å²) < 4.78 is 59.7. The smallest absolute Gasteiger partial charge is 0.269 e. The number of hydrogen-bond acceptors (Lipinski definition) is 7. The van der Waals surface area contributed by atoms with E-state index in [9.17, 15) is 17.2 Å². The summed E-state index contributed by atoms with van der Waals surface area (Å²) in [5.41, 5.74) is 0.409. The Hall–Kier alpha value is -1.56. The Kier molecular flexibility index (Phi) is 6.37. The molecular weight excluding hydrogens is 408 g/mol. The lowest BCUT2D eigenvalue weighted by atomic mass is 10.1. The van der Waals surface area contributed by atoms with Crippen molar-refractivity contribution in [1.29, 1.82) is 0 Å². The molecule has 0 spiro atoms. The van der Waals surface area contributed by atoms with Crippen molar-refractivity contribution in [1.82, 2.24) is 14.7 Å². The summed E-state index contributed by atoms with van der Waals surface area (Å²) in [7, 11) is -2.71. The molecule has 0 bridgehead atoms. The minimum atomic E-state index is -4.45. The van der Waals surface area contributed by atoms with Crippen LogP contribution in [0.5, 0.6) is 0 Å². The predicted molar refractivity (Wildman–Crippen MR) is 98.7 cm³/mol. The van der Waals surface area contributed by atoms with Gasteiger partial charge in [-0.05, 0) is 26.0 Å². The lowest BCUT2D eigenvalue weighted by molar-refractivity contribution is 0.514. The molecule has 1 aromatic heterocycles. The number of nitrogens with one attached hydrogen (secondary N) is 2. The van der Waals surface area contributed by atoms with E-state index in [0.29, 0.717) is 12.2 Å². The molecule has 1 fully saturated rings. The number of nitrogens with zero attached hydrogens (tertiary/aromatic N) is 3. The van der Waals surface area contributed by atoms with Crippen molar-refractivity contribution in [2.75, 3.05) is 29.8 Å². The maximum Gasteiger partial charge on any atom is 0.269 e. The molecule has 1 saturated heterocycles. The molecule has 1 aliphatic rings. The number of sulfonamides is 1. The Morgan fingerprint density at radius 1 is 1.42 bits per heavy atom. The van der Waals surface area contributed by atoms with Gasteiger partial charge in [0.2, 0.25) is 5.13 Å². The van der Waals surface area contributed by atoms with Crippen LogP contribution in [0.2, 0.25) is 0 Å². The molecule has 2 aromatic rings. The Labute approximate surface area is 160 Å². The Morgan fingerprint density at radius 3 is 2.73 bits per heavy atom. The molecule has 7 nitrogen and oxygen atoms in total. The van der Waals surface area contributed by atoms with Crippen LogP contribution in [0.15, 0.2) is 17.3 Å². The van der Waals surface area contributed by atoms with Crippen molar-refractivity contribution in [3.63, 3.8) is 0 Å². The number of aromatic nitrogens is 2. The van der Waals surface area contributed by atoms with E-state index in [-0.39, 0.29) is 29.1 Å². The van der Waals surface area contributed by atoms with Gasteiger partial charge in [-0.25, -0.2) is 22.2 Å². The number of likely N-dealkylation sites (N-methyl/N-ethyl adjacent to an activating group) is 1. The molecular formula is C14H18ClF2N5O2S2. The molecule has 3 rings (SSSR count). The quantitative estimate of drug-likeness (QED) is 0.763. The second-order valence-electron chi connectivity index (χ2n) is 5.76. The lowest BCUT2D eigenvalue weighted by Gasteiger charge is -2.28. The summed E-state index contributed by atoms with van der Waals surface area (Å²) in [6, 6.07) is 1.16. The number of halogens is 3. The average Bonchev–Trinajstić information content (AvgIpc) is 3.22. The predicted octanol–water partition coefficient (Wildman–Crippen LogP) is 2.15. The topological polar surface area (TPSA) is 87.2 Å². The minimum Gasteiger partial charge on any atom is -0.370 e. The van der Waals surface area contributed by atoms with Gasteiger partial charge in [-0.15, -0.1) is 12.4 Å². The van der Waals surface area contributed by atoms with Gasteiger partial charge < -0.3 is 10.2 Å². The van der Waals surface area contributed by atoms with Crippen LogP contribution in [-0.2, 0) is 10.0 Å². The van der Waals surface area contributed by atoms with Crippen LogP contribution in [0.4, 0.5) is 19.6 Å². The highest BCUT2D eigenvalue weighted by Gasteiger charge is 2.30. The van der Waals surface area contributed by atoms with E-state index in [4.69, 9.17) is 0 Å². The summed E-state index contributed by atoms with van der Waals surface area (Å²) in [5, 5.41) is 3.12. The second kappa shape index (κ2) is 7.99. The normalized spacial score (nSPS) is 17.0. The van der Waals surface area contributed by atoms with Gasteiger partial charge in [-0.2, -0.15) is 4.37 Å². The van der Waals surface area contributed by atoms with Gasteiger partial charge in [0.1, 0.15) is 12.1 Å². The highest BCUT2D eigenvalue weighted by atomic mass is 35.5. The van der Waals surface area contributed by atoms with Crippen LogP contribution < -0.4 is 14.9 Å². The Bertz CT molecular complexity index is 874. The summed E-state index contributed by atoms with van der Waals surface area (Å²) in [6.07, 6.45) is 1.99. The maximum absolute atomic E-state index is 14.8. The van der Waals surface area contributed by atoms with E-state index in [1.165, 1.54) is 6.92 Å². The van der Waals surface area contributed by atoms with E-state index in [1.807, 2.05) is 4.72 Å². The molecule has 0 amide bonds. The standard InChI is InChI=1S/C14H17F2N5O2S2.ClH/c1-8-11(21(2)9-3-4-17-6-9)5-10(15)13(12(8)16)25(22,23)20-14-18-7-19-24-14;/h5,7,9,17H,3-4,6H2,1-2H3,(H,18,19,20);1H/t9-;/m0./s1. The van der Waals surface area contributed by atoms with Gasteiger partial charge >= 0.3 is 0 Å². The van der Waals surface area contributed by atoms with Gasteiger partial charge in [0, 0.05) is 42.4 Å². The van der Waals surface area contributed by atoms with Crippen LogP contribution in [0.25, 0.3) is 0 Å². The zero-order valence-electron chi connectivity index (χ0n) is 14.0. The van der Waals surface area contributed by atoms with Crippen LogP contribution >= 0.6 is 23.9 Å².